The highest BCUT2D eigenvalue weighted by molar-refractivity contribution is 5.76. The Hall–Kier alpha value is -1.13. The molecule has 0 saturated carbocycles. The monoisotopic (exact) mass is 493 g/mol. The molecule has 0 fully saturated rings. The van der Waals surface area contributed by atoms with E-state index in [4.69, 9.17) is 0 Å². The summed E-state index contributed by atoms with van der Waals surface area (Å²) < 4.78 is 0. The molecule has 0 bridgehead atoms. The zero-order valence-electron chi connectivity index (χ0n) is 23.3. The Balaban J connectivity index is 3.75. The lowest BCUT2D eigenvalue weighted by atomic mass is 10.1. The maximum atomic E-state index is 12.2. The summed E-state index contributed by atoms with van der Waals surface area (Å²) in [6.07, 6.45) is 32.5. The highest BCUT2D eigenvalue weighted by Crippen LogP contribution is 2.11. The number of allylic oxidation sites excluding steroid dienone is 3. The first-order chi connectivity index (χ1) is 17.2. The molecule has 4 heteroatoms. The summed E-state index contributed by atoms with van der Waals surface area (Å²) in [7, 11) is 0. The molecule has 4 nitrogen and oxygen atoms in total. The summed E-state index contributed by atoms with van der Waals surface area (Å²) >= 11 is 0. The van der Waals surface area contributed by atoms with E-state index >= 15 is 0 Å². The Morgan fingerprint density at radius 1 is 0.657 bits per heavy atom. The van der Waals surface area contributed by atoms with Crippen LogP contribution in [-0.2, 0) is 4.79 Å². The molecule has 0 unspecified atom stereocenters. The van der Waals surface area contributed by atoms with Crippen molar-refractivity contribution in [2.45, 2.75) is 161 Å². The van der Waals surface area contributed by atoms with Gasteiger partial charge in [0.2, 0.25) is 5.91 Å². The number of hydrogen-bond acceptors (Lipinski definition) is 3. The first-order valence-corrected chi connectivity index (χ1v) is 15.1. The molecule has 0 rings (SSSR count). The quantitative estimate of drug-likeness (QED) is 0.0840. The van der Waals surface area contributed by atoms with Crippen LogP contribution < -0.4 is 5.32 Å². The minimum absolute atomic E-state index is 0.0802. The van der Waals surface area contributed by atoms with Gasteiger partial charge in [0.1, 0.15) is 0 Å². The van der Waals surface area contributed by atoms with Gasteiger partial charge in [0.25, 0.3) is 0 Å². The summed E-state index contributed by atoms with van der Waals surface area (Å²) in [5.74, 6) is -0.0802. The van der Waals surface area contributed by atoms with Crippen molar-refractivity contribution in [2.75, 3.05) is 6.61 Å². The lowest BCUT2D eigenvalue weighted by Crippen LogP contribution is -2.45. The van der Waals surface area contributed by atoms with Crippen LogP contribution in [0.3, 0.4) is 0 Å². The van der Waals surface area contributed by atoms with E-state index in [1.165, 1.54) is 96.3 Å². The third-order valence-corrected chi connectivity index (χ3v) is 6.69. The molecule has 0 aliphatic heterocycles. The SMILES string of the molecule is CCCCCCCCCC/C=C/CC/C=C/[C@@H](O)[C@H](CO)NC(=O)CCCCCCCCCCC. The second kappa shape index (κ2) is 27.5. The van der Waals surface area contributed by atoms with Crippen LogP contribution in [0, 0.1) is 0 Å². The van der Waals surface area contributed by atoms with Gasteiger partial charge in [-0.1, -0.05) is 134 Å². The van der Waals surface area contributed by atoms with Crippen molar-refractivity contribution in [3.8, 4) is 0 Å². The van der Waals surface area contributed by atoms with E-state index < -0.39 is 12.1 Å². The van der Waals surface area contributed by atoms with Crippen molar-refractivity contribution < 1.29 is 15.0 Å². The fourth-order valence-electron chi connectivity index (χ4n) is 4.31. The minimum atomic E-state index is -0.853. The molecule has 0 saturated heterocycles. The average molecular weight is 494 g/mol. The van der Waals surface area contributed by atoms with Gasteiger partial charge in [0.05, 0.1) is 18.8 Å². The number of carbonyl (C=O) groups is 1. The standard InChI is InChI=1S/C31H59NO3/c1-3-5-7-9-11-13-14-15-16-17-19-20-22-24-26-30(34)29(28-33)32-31(35)27-25-23-21-18-12-10-8-6-4-2/h17,19,24,26,29-30,33-34H,3-16,18,20-23,25,27-28H2,1-2H3,(H,32,35)/b19-17+,26-24+/t29-,30+/m0/s1. The van der Waals surface area contributed by atoms with Crippen molar-refractivity contribution in [2.24, 2.45) is 0 Å². The zero-order chi connectivity index (χ0) is 25.8. The molecule has 0 spiro atoms. The Kier molecular flexibility index (Phi) is 26.6. The summed E-state index contributed by atoms with van der Waals surface area (Å²) in [6.45, 7) is 4.24. The summed E-state index contributed by atoms with van der Waals surface area (Å²) in [5.41, 5.74) is 0. The van der Waals surface area contributed by atoms with Gasteiger partial charge in [-0.3, -0.25) is 4.79 Å². The molecule has 2 atom stereocenters. The van der Waals surface area contributed by atoms with Crippen LogP contribution in [0.1, 0.15) is 149 Å². The highest BCUT2D eigenvalue weighted by Gasteiger charge is 2.17. The molecule has 35 heavy (non-hydrogen) atoms. The van der Waals surface area contributed by atoms with Crippen LogP contribution in [0.2, 0.25) is 0 Å². The van der Waals surface area contributed by atoms with Crippen molar-refractivity contribution in [1.29, 1.82) is 0 Å². The molecule has 0 aromatic rings. The van der Waals surface area contributed by atoms with Crippen LogP contribution >= 0.6 is 0 Å². The van der Waals surface area contributed by atoms with Crippen LogP contribution in [0.25, 0.3) is 0 Å². The van der Waals surface area contributed by atoms with Crippen molar-refractivity contribution in [3.63, 3.8) is 0 Å². The van der Waals surface area contributed by atoms with Crippen LogP contribution in [-0.4, -0.2) is 34.9 Å². The maximum Gasteiger partial charge on any atom is 0.220 e. The number of aliphatic hydroxyl groups is 2. The third-order valence-electron chi connectivity index (χ3n) is 6.69. The predicted octanol–water partition coefficient (Wildman–Crippen LogP) is 8.17. The number of rotatable bonds is 26. The number of hydrogen-bond donors (Lipinski definition) is 3. The summed E-state index contributed by atoms with van der Waals surface area (Å²) in [6, 6.07) is -0.630. The number of aliphatic hydroxyl groups excluding tert-OH is 2. The summed E-state index contributed by atoms with van der Waals surface area (Å²) in [4.78, 5) is 12.2. The van der Waals surface area contributed by atoms with E-state index in [-0.39, 0.29) is 12.5 Å². The molecule has 0 aliphatic rings. The molecule has 0 aliphatic carbocycles. The van der Waals surface area contributed by atoms with Crippen LogP contribution in [0.15, 0.2) is 24.3 Å². The van der Waals surface area contributed by atoms with Gasteiger partial charge in [-0.15, -0.1) is 0 Å². The first kappa shape index (κ1) is 33.9. The minimum Gasteiger partial charge on any atom is -0.394 e. The normalized spacial score (nSPS) is 13.6. The van der Waals surface area contributed by atoms with Gasteiger partial charge < -0.3 is 15.5 Å². The Morgan fingerprint density at radius 3 is 1.66 bits per heavy atom. The number of nitrogens with one attached hydrogen (secondary N) is 1. The van der Waals surface area contributed by atoms with Crippen LogP contribution in [0.5, 0.6) is 0 Å². The van der Waals surface area contributed by atoms with Gasteiger partial charge >= 0.3 is 0 Å². The van der Waals surface area contributed by atoms with Gasteiger partial charge in [0, 0.05) is 6.42 Å². The van der Waals surface area contributed by atoms with Gasteiger partial charge in [0.15, 0.2) is 0 Å². The van der Waals surface area contributed by atoms with E-state index in [9.17, 15) is 15.0 Å². The first-order valence-electron chi connectivity index (χ1n) is 15.1. The zero-order valence-corrected chi connectivity index (χ0v) is 23.3. The molecule has 206 valence electrons. The molecule has 0 aromatic carbocycles. The Bertz CT molecular complexity index is 503. The van der Waals surface area contributed by atoms with E-state index in [0.717, 1.165) is 32.1 Å². The second-order valence-corrected chi connectivity index (χ2v) is 10.2. The van der Waals surface area contributed by atoms with Gasteiger partial charge in [-0.25, -0.2) is 0 Å². The third kappa shape index (κ3) is 24.3. The largest absolute Gasteiger partial charge is 0.394 e. The number of unbranched alkanes of at least 4 members (excludes halogenated alkanes) is 17. The molecule has 3 N–H and O–H groups in total. The Morgan fingerprint density at radius 2 is 1.11 bits per heavy atom. The van der Waals surface area contributed by atoms with E-state index in [1.54, 1.807) is 6.08 Å². The van der Waals surface area contributed by atoms with E-state index in [1.807, 2.05) is 6.08 Å². The fraction of sp³-hybridized carbons (Fsp3) is 0.839. The smallest absolute Gasteiger partial charge is 0.220 e. The van der Waals surface area contributed by atoms with Gasteiger partial charge in [-0.05, 0) is 32.1 Å². The molecule has 0 heterocycles. The molecular weight excluding hydrogens is 434 g/mol. The molecule has 1 amide bonds. The molecule has 0 aromatic heterocycles. The number of carbonyl (C=O) groups excluding carboxylic acids is 1. The van der Waals surface area contributed by atoms with E-state index in [0.29, 0.717) is 6.42 Å². The van der Waals surface area contributed by atoms with Crippen molar-refractivity contribution >= 4 is 5.91 Å². The average Bonchev–Trinajstić information content (AvgIpc) is 2.86. The fourth-order valence-corrected chi connectivity index (χ4v) is 4.31. The molecule has 0 radical (unpaired) electrons. The van der Waals surface area contributed by atoms with Crippen LogP contribution in [0.4, 0.5) is 0 Å². The maximum absolute atomic E-state index is 12.2. The highest BCUT2D eigenvalue weighted by atomic mass is 16.3. The van der Waals surface area contributed by atoms with Crippen molar-refractivity contribution in [1.82, 2.24) is 5.32 Å². The Labute approximate surface area is 218 Å². The second-order valence-electron chi connectivity index (χ2n) is 10.2. The topological polar surface area (TPSA) is 69.6 Å². The molecular formula is C31H59NO3. The lowest BCUT2D eigenvalue weighted by molar-refractivity contribution is -0.123. The van der Waals surface area contributed by atoms with E-state index in [2.05, 4.69) is 31.3 Å². The summed E-state index contributed by atoms with van der Waals surface area (Å²) in [5, 5.41) is 22.7. The lowest BCUT2D eigenvalue weighted by Gasteiger charge is -2.19. The number of amides is 1. The predicted molar refractivity (Wildman–Crippen MR) is 152 cm³/mol. The van der Waals surface area contributed by atoms with Crippen molar-refractivity contribution in [3.05, 3.63) is 24.3 Å². The van der Waals surface area contributed by atoms with Gasteiger partial charge in [-0.2, -0.15) is 0 Å².